The summed E-state index contributed by atoms with van der Waals surface area (Å²) in [5, 5.41) is 19.6. The number of benzene rings is 2. The van der Waals surface area contributed by atoms with E-state index < -0.39 is 0 Å². The Bertz CT molecular complexity index is 1470. The van der Waals surface area contributed by atoms with Crippen LogP contribution in [-0.4, -0.2) is 72.3 Å². The molecule has 3 heterocycles. The van der Waals surface area contributed by atoms with Gasteiger partial charge in [0.05, 0.1) is 11.3 Å². The normalized spacial score (nSPS) is 13.2. The Hall–Kier alpha value is -4.81. The van der Waals surface area contributed by atoms with Crippen LogP contribution in [0.15, 0.2) is 65.4 Å². The van der Waals surface area contributed by atoms with E-state index in [0.717, 1.165) is 61.1 Å². The minimum absolute atomic E-state index is 0.113. The third-order valence-corrected chi connectivity index (χ3v) is 7.14. The first-order valence-corrected chi connectivity index (χ1v) is 14.5. The maximum Gasteiger partial charge on any atom is 0.174 e. The van der Waals surface area contributed by atoms with Crippen LogP contribution in [-0.2, 0) is 10.2 Å². The summed E-state index contributed by atoms with van der Waals surface area (Å²) in [6.07, 6.45) is 1.40. The Labute approximate surface area is 259 Å². The highest BCUT2D eigenvalue weighted by atomic mass is 16.5. The number of nitrogens with two attached hydrogens (primary N) is 2. The summed E-state index contributed by atoms with van der Waals surface area (Å²) < 4.78 is 5.46. The van der Waals surface area contributed by atoms with Gasteiger partial charge in [0.2, 0.25) is 0 Å². The molecule has 0 atom stereocenters. The van der Waals surface area contributed by atoms with Crippen LogP contribution in [0.5, 0.6) is 0 Å². The van der Waals surface area contributed by atoms with Gasteiger partial charge in [0, 0.05) is 60.3 Å². The molecule has 0 saturated carbocycles. The second-order valence-corrected chi connectivity index (χ2v) is 11.0. The van der Waals surface area contributed by atoms with Gasteiger partial charge in [-0.15, -0.1) is 0 Å². The summed E-state index contributed by atoms with van der Waals surface area (Å²) >= 11 is 0. The maximum atomic E-state index is 8.94. The van der Waals surface area contributed by atoms with Crippen LogP contribution in [0, 0.1) is 5.41 Å². The molecule has 0 radical (unpaired) electrons. The molecule has 12 nitrogen and oxygen atoms in total. The number of nitrogens with zero attached hydrogens (tertiary/aromatic N) is 5. The third-order valence-electron chi connectivity index (χ3n) is 7.14. The SMILES string of the molecule is C=O.CCN1CCN(c2ccc(C(=N)c3c(N)ncnc3Nc3ccc(Nc4cc(C(C)(C)C)on4)cc3)cc2)CC1.CN. The number of hydrogen-bond donors (Lipinski definition) is 5. The van der Waals surface area contributed by atoms with Crippen molar-refractivity contribution >= 4 is 47.0 Å². The third kappa shape index (κ3) is 8.39. The summed E-state index contributed by atoms with van der Waals surface area (Å²) in [5.74, 6) is 2.19. The molecular formula is C32H44N10O2. The fourth-order valence-electron chi connectivity index (χ4n) is 4.66. The zero-order chi connectivity index (χ0) is 32.3. The molecule has 7 N–H and O–H groups in total. The molecule has 2 aromatic carbocycles. The Balaban J connectivity index is 0.00000127. The number of piperazine rings is 1. The molecule has 234 valence electrons. The van der Waals surface area contributed by atoms with Gasteiger partial charge in [0.1, 0.15) is 30.5 Å². The van der Waals surface area contributed by atoms with Crippen molar-refractivity contribution in [1.82, 2.24) is 20.0 Å². The highest BCUT2D eigenvalue weighted by Crippen LogP contribution is 2.29. The number of aromatic nitrogens is 3. The summed E-state index contributed by atoms with van der Waals surface area (Å²) in [7, 11) is 1.50. The summed E-state index contributed by atoms with van der Waals surface area (Å²) in [6, 6.07) is 17.7. The molecule has 1 aliphatic rings. The number of likely N-dealkylation sites (N-methyl/N-ethyl adjacent to an activating group) is 1. The average molecular weight is 601 g/mol. The second-order valence-electron chi connectivity index (χ2n) is 11.0. The smallest absolute Gasteiger partial charge is 0.174 e. The standard InChI is InChI=1S/C30H37N9O.CH5N.CH2O/c1-5-38-14-16-39(17-15-38)23-12-6-20(7-13-23)27(31)26-28(32)33-19-34-29(26)36-22-10-8-21(9-11-22)35-25-18-24(40-37-25)30(2,3)4;2*1-2/h6-13,18-19,31H,5,14-17H2,1-4H3,(H,35,37)(H3,32,33,34,36);2H2,1H3;1H2. The van der Waals surface area contributed by atoms with E-state index >= 15 is 0 Å². The van der Waals surface area contributed by atoms with Crippen molar-refractivity contribution in [3.8, 4) is 0 Å². The van der Waals surface area contributed by atoms with Crippen LogP contribution >= 0.6 is 0 Å². The van der Waals surface area contributed by atoms with Crippen molar-refractivity contribution < 1.29 is 9.32 Å². The molecular weight excluding hydrogens is 556 g/mol. The molecule has 0 spiro atoms. The van der Waals surface area contributed by atoms with Crippen molar-refractivity contribution in [3.05, 3.63) is 77.8 Å². The lowest BCUT2D eigenvalue weighted by Crippen LogP contribution is -2.46. The zero-order valence-electron chi connectivity index (χ0n) is 26.2. The second kappa shape index (κ2) is 15.6. The monoisotopic (exact) mass is 600 g/mol. The van der Waals surface area contributed by atoms with Crippen molar-refractivity contribution in [3.63, 3.8) is 0 Å². The lowest BCUT2D eigenvalue weighted by molar-refractivity contribution is -0.0980. The quantitative estimate of drug-likeness (QED) is 0.176. The number of carbonyl (C=O) groups excluding carboxylic acids is 1. The van der Waals surface area contributed by atoms with Gasteiger partial charge in [0.15, 0.2) is 5.82 Å². The molecule has 5 rings (SSSR count). The molecule has 4 aromatic rings. The van der Waals surface area contributed by atoms with E-state index in [1.165, 1.54) is 13.4 Å². The number of anilines is 6. The molecule has 2 aromatic heterocycles. The van der Waals surface area contributed by atoms with Crippen LogP contribution in [0.2, 0.25) is 0 Å². The molecule has 1 saturated heterocycles. The van der Waals surface area contributed by atoms with Crippen LogP contribution in [0.4, 0.5) is 34.5 Å². The van der Waals surface area contributed by atoms with E-state index in [1.807, 2.05) is 49.3 Å². The van der Waals surface area contributed by atoms with Crippen LogP contribution in [0.3, 0.4) is 0 Å². The van der Waals surface area contributed by atoms with Gasteiger partial charge >= 0.3 is 0 Å². The number of nitrogen functional groups attached to an aromatic ring is 1. The largest absolute Gasteiger partial charge is 0.383 e. The lowest BCUT2D eigenvalue weighted by atomic mass is 9.93. The lowest BCUT2D eigenvalue weighted by Gasteiger charge is -2.35. The molecule has 0 bridgehead atoms. The molecule has 1 aliphatic heterocycles. The van der Waals surface area contributed by atoms with Crippen molar-refractivity contribution in [2.24, 2.45) is 5.73 Å². The number of rotatable bonds is 8. The fraction of sp³-hybridized carbons (Fsp3) is 0.344. The van der Waals surface area contributed by atoms with E-state index in [2.05, 4.69) is 81.1 Å². The van der Waals surface area contributed by atoms with Gasteiger partial charge in [-0.3, -0.25) is 5.41 Å². The molecule has 0 aliphatic carbocycles. The van der Waals surface area contributed by atoms with Crippen molar-refractivity contribution in [2.45, 2.75) is 33.1 Å². The van der Waals surface area contributed by atoms with E-state index in [9.17, 15) is 0 Å². The van der Waals surface area contributed by atoms with Crippen LogP contribution < -0.4 is 27.0 Å². The molecule has 44 heavy (non-hydrogen) atoms. The number of carbonyl (C=O) groups is 1. The van der Waals surface area contributed by atoms with Crippen LogP contribution in [0.25, 0.3) is 0 Å². The van der Waals surface area contributed by atoms with E-state index in [1.54, 1.807) is 0 Å². The maximum absolute atomic E-state index is 8.94. The minimum atomic E-state index is -0.113. The van der Waals surface area contributed by atoms with E-state index in [4.69, 9.17) is 20.5 Å². The first kappa shape index (κ1) is 33.7. The summed E-state index contributed by atoms with van der Waals surface area (Å²) in [4.78, 5) is 21.4. The Morgan fingerprint density at radius 1 is 0.955 bits per heavy atom. The summed E-state index contributed by atoms with van der Waals surface area (Å²) in [5.41, 5.74) is 15.0. The van der Waals surface area contributed by atoms with Crippen molar-refractivity contribution in [2.75, 3.05) is 61.0 Å². The first-order valence-electron chi connectivity index (χ1n) is 14.5. The highest BCUT2D eigenvalue weighted by Gasteiger charge is 2.21. The van der Waals surface area contributed by atoms with Crippen LogP contribution in [0.1, 0.15) is 44.6 Å². The average Bonchev–Trinajstić information content (AvgIpc) is 3.53. The minimum Gasteiger partial charge on any atom is -0.383 e. The van der Waals surface area contributed by atoms with Gasteiger partial charge in [-0.1, -0.05) is 45.0 Å². The Morgan fingerprint density at radius 3 is 2.09 bits per heavy atom. The Kier molecular flexibility index (Phi) is 11.9. The predicted molar refractivity (Wildman–Crippen MR) is 179 cm³/mol. The first-order chi connectivity index (χ1) is 21.2. The van der Waals surface area contributed by atoms with Gasteiger partial charge in [-0.25, -0.2) is 9.97 Å². The van der Waals surface area contributed by atoms with Gasteiger partial charge in [-0.05, 0) is 50.0 Å². The Morgan fingerprint density at radius 2 is 1.55 bits per heavy atom. The van der Waals surface area contributed by atoms with E-state index in [0.29, 0.717) is 17.2 Å². The predicted octanol–water partition coefficient (Wildman–Crippen LogP) is 4.78. The van der Waals surface area contributed by atoms with Crippen molar-refractivity contribution in [1.29, 1.82) is 5.41 Å². The van der Waals surface area contributed by atoms with Gasteiger partial charge < -0.3 is 41.2 Å². The molecule has 0 unspecified atom stereocenters. The molecule has 1 fully saturated rings. The number of nitrogens with one attached hydrogen (secondary N) is 3. The molecule has 12 heteroatoms. The topological polar surface area (TPSA) is 175 Å². The molecule has 0 amide bonds. The van der Waals surface area contributed by atoms with Gasteiger partial charge in [0.25, 0.3) is 0 Å². The summed E-state index contributed by atoms with van der Waals surface area (Å²) in [6.45, 7) is 15.7. The van der Waals surface area contributed by atoms with E-state index in [-0.39, 0.29) is 16.9 Å². The zero-order valence-corrected chi connectivity index (χ0v) is 26.2. The fourth-order valence-corrected chi connectivity index (χ4v) is 4.66. The highest BCUT2D eigenvalue weighted by molar-refractivity contribution is 6.16. The van der Waals surface area contributed by atoms with Gasteiger partial charge in [-0.2, -0.15) is 0 Å². The number of hydrogen-bond acceptors (Lipinski definition) is 12.